The molecule has 2 N–H and O–H groups in total. The van der Waals surface area contributed by atoms with E-state index < -0.39 is 4.92 Å². The number of benzene rings is 2. The van der Waals surface area contributed by atoms with Gasteiger partial charge in [0.2, 0.25) is 5.95 Å². The number of aliphatic hydroxyl groups is 1. The second kappa shape index (κ2) is 6.45. The summed E-state index contributed by atoms with van der Waals surface area (Å²) in [7, 11) is 0. The molecule has 1 heterocycles. The van der Waals surface area contributed by atoms with Crippen molar-refractivity contribution in [2.45, 2.75) is 6.54 Å². The fourth-order valence-electron chi connectivity index (χ4n) is 2.44. The highest BCUT2D eigenvalue weighted by Gasteiger charge is 2.11. The second-order valence-corrected chi connectivity index (χ2v) is 5.08. The van der Waals surface area contributed by atoms with E-state index in [1.54, 1.807) is 12.1 Å². The van der Waals surface area contributed by atoms with E-state index in [-0.39, 0.29) is 12.3 Å². The summed E-state index contributed by atoms with van der Waals surface area (Å²) >= 11 is 0. The Labute approximate surface area is 132 Å². The van der Waals surface area contributed by atoms with Crippen LogP contribution >= 0.6 is 0 Å². The predicted octanol–water partition coefficient (Wildman–Crippen LogP) is 2.40. The lowest BCUT2D eigenvalue weighted by Crippen LogP contribution is -2.12. The summed E-state index contributed by atoms with van der Waals surface area (Å²) in [6.07, 6.45) is 0. The first-order valence-electron chi connectivity index (χ1n) is 7.22. The first-order valence-corrected chi connectivity index (χ1v) is 7.22. The molecule has 0 amide bonds. The zero-order valence-corrected chi connectivity index (χ0v) is 12.3. The molecule has 0 saturated carbocycles. The largest absolute Gasteiger partial charge is 0.395 e. The van der Waals surface area contributed by atoms with Crippen molar-refractivity contribution in [1.82, 2.24) is 9.55 Å². The van der Waals surface area contributed by atoms with Gasteiger partial charge in [0.15, 0.2) is 0 Å². The third-order valence-corrected chi connectivity index (χ3v) is 3.54. The molecule has 3 aromatic rings. The van der Waals surface area contributed by atoms with Crippen LogP contribution in [0.1, 0.15) is 5.56 Å². The van der Waals surface area contributed by atoms with Crippen molar-refractivity contribution >= 4 is 22.7 Å². The van der Waals surface area contributed by atoms with Gasteiger partial charge in [0.25, 0.3) is 5.69 Å². The fraction of sp³-hybridized carbons (Fsp3) is 0.188. The van der Waals surface area contributed by atoms with Crippen molar-refractivity contribution in [3.05, 3.63) is 64.2 Å². The van der Waals surface area contributed by atoms with Gasteiger partial charge in [-0.15, -0.1) is 0 Å². The molecule has 0 aliphatic heterocycles. The minimum Gasteiger partial charge on any atom is -0.395 e. The molecule has 0 unspecified atom stereocenters. The van der Waals surface area contributed by atoms with E-state index >= 15 is 0 Å². The van der Waals surface area contributed by atoms with Crippen LogP contribution in [0.3, 0.4) is 0 Å². The van der Waals surface area contributed by atoms with E-state index in [1.807, 2.05) is 28.8 Å². The van der Waals surface area contributed by atoms with Gasteiger partial charge < -0.3 is 15.0 Å². The number of anilines is 1. The molecule has 7 heteroatoms. The maximum absolute atomic E-state index is 10.7. The molecule has 3 rings (SSSR count). The molecule has 23 heavy (non-hydrogen) atoms. The van der Waals surface area contributed by atoms with Crippen LogP contribution in [0.25, 0.3) is 11.0 Å². The number of fused-ring (bicyclic) bond motifs is 1. The molecule has 0 fully saturated rings. The molecule has 1 aromatic heterocycles. The van der Waals surface area contributed by atoms with E-state index in [0.717, 1.165) is 16.6 Å². The van der Waals surface area contributed by atoms with Crippen LogP contribution in [-0.4, -0.2) is 32.7 Å². The molecule has 0 saturated heterocycles. The van der Waals surface area contributed by atoms with E-state index in [2.05, 4.69) is 10.3 Å². The maximum Gasteiger partial charge on any atom is 0.269 e. The number of nitro groups is 1. The van der Waals surface area contributed by atoms with Gasteiger partial charge in [-0.1, -0.05) is 24.3 Å². The number of rotatable bonds is 6. The van der Waals surface area contributed by atoms with E-state index in [4.69, 9.17) is 5.11 Å². The van der Waals surface area contributed by atoms with Gasteiger partial charge in [0.1, 0.15) is 0 Å². The van der Waals surface area contributed by atoms with Gasteiger partial charge in [-0.05, 0) is 17.7 Å². The van der Waals surface area contributed by atoms with Gasteiger partial charge in [0.05, 0.1) is 29.1 Å². The number of imidazole rings is 1. The summed E-state index contributed by atoms with van der Waals surface area (Å²) in [6, 6.07) is 14.2. The SMILES string of the molecule is O=[N+]([O-])c1ccc(Cn2c(NCCO)nc3ccccc32)cc1. The number of nitrogens with zero attached hydrogens (tertiary/aromatic N) is 3. The first-order chi connectivity index (χ1) is 11.2. The molecule has 0 spiro atoms. The number of hydrogen-bond acceptors (Lipinski definition) is 5. The maximum atomic E-state index is 10.7. The number of aliphatic hydroxyl groups excluding tert-OH is 1. The number of aromatic nitrogens is 2. The Balaban J connectivity index is 1.95. The van der Waals surface area contributed by atoms with E-state index in [1.165, 1.54) is 12.1 Å². The highest BCUT2D eigenvalue weighted by molar-refractivity contribution is 5.78. The Morgan fingerprint density at radius 3 is 2.61 bits per heavy atom. The van der Waals surface area contributed by atoms with Crippen molar-refractivity contribution in [2.24, 2.45) is 0 Å². The van der Waals surface area contributed by atoms with Crippen LogP contribution in [0.2, 0.25) is 0 Å². The molecule has 0 atom stereocenters. The molecule has 0 aliphatic carbocycles. The van der Waals surface area contributed by atoms with Crippen LogP contribution in [0.15, 0.2) is 48.5 Å². The summed E-state index contributed by atoms with van der Waals surface area (Å²) in [5, 5.41) is 22.8. The molecule has 2 aromatic carbocycles. The number of nitrogens with one attached hydrogen (secondary N) is 1. The Morgan fingerprint density at radius 2 is 1.91 bits per heavy atom. The summed E-state index contributed by atoms with van der Waals surface area (Å²) in [4.78, 5) is 14.8. The Morgan fingerprint density at radius 1 is 1.17 bits per heavy atom. The van der Waals surface area contributed by atoms with Crippen LogP contribution in [0.5, 0.6) is 0 Å². The van der Waals surface area contributed by atoms with Crippen molar-refractivity contribution in [1.29, 1.82) is 0 Å². The first kappa shape index (κ1) is 15.0. The average molecular weight is 312 g/mol. The standard InChI is InChI=1S/C16H16N4O3/c21-10-9-17-16-18-14-3-1-2-4-15(14)19(16)11-12-5-7-13(8-6-12)20(22)23/h1-8,21H,9-11H2,(H,17,18). The molecular formula is C16H16N4O3. The van der Waals surface area contributed by atoms with Crippen molar-refractivity contribution < 1.29 is 10.0 Å². The third-order valence-electron chi connectivity index (χ3n) is 3.54. The Bertz CT molecular complexity index is 827. The lowest BCUT2D eigenvalue weighted by atomic mass is 10.2. The van der Waals surface area contributed by atoms with Gasteiger partial charge in [-0.2, -0.15) is 0 Å². The lowest BCUT2D eigenvalue weighted by Gasteiger charge is -2.10. The monoisotopic (exact) mass is 312 g/mol. The van der Waals surface area contributed by atoms with Crippen molar-refractivity contribution in [3.63, 3.8) is 0 Å². The highest BCUT2D eigenvalue weighted by atomic mass is 16.6. The van der Waals surface area contributed by atoms with Crippen molar-refractivity contribution in [3.8, 4) is 0 Å². The molecule has 118 valence electrons. The zero-order valence-electron chi connectivity index (χ0n) is 12.3. The minimum absolute atomic E-state index is 0.0146. The van der Waals surface area contributed by atoms with Crippen LogP contribution < -0.4 is 5.32 Å². The molecule has 7 nitrogen and oxygen atoms in total. The quantitative estimate of drug-likeness (QED) is 0.538. The number of nitro benzene ring substituents is 1. The van der Waals surface area contributed by atoms with Gasteiger partial charge in [-0.25, -0.2) is 4.98 Å². The number of non-ortho nitro benzene ring substituents is 1. The normalized spacial score (nSPS) is 10.8. The van der Waals surface area contributed by atoms with Gasteiger partial charge >= 0.3 is 0 Å². The lowest BCUT2D eigenvalue weighted by molar-refractivity contribution is -0.384. The summed E-state index contributed by atoms with van der Waals surface area (Å²) in [5.41, 5.74) is 2.83. The van der Waals surface area contributed by atoms with Crippen molar-refractivity contribution in [2.75, 3.05) is 18.5 Å². The molecular weight excluding hydrogens is 296 g/mol. The predicted molar refractivity (Wildman–Crippen MR) is 87.5 cm³/mol. The summed E-state index contributed by atoms with van der Waals surface area (Å²) < 4.78 is 1.99. The minimum atomic E-state index is -0.412. The zero-order chi connectivity index (χ0) is 16.2. The molecule has 0 aliphatic rings. The van der Waals surface area contributed by atoms with Gasteiger partial charge in [0, 0.05) is 18.7 Å². The average Bonchev–Trinajstić information content (AvgIpc) is 2.91. The third kappa shape index (κ3) is 3.14. The highest BCUT2D eigenvalue weighted by Crippen LogP contribution is 2.22. The number of para-hydroxylation sites is 2. The topological polar surface area (TPSA) is 93.2 Å². The van der Waals surface area contributed by atoms with Gasteiger partial charge in [-0.3, -0.25) is 10.1 Å². The smallest absolute Gasteiger partial charge is 0.269 e. The Hall–Kier alpha value is -2.93. The van der Waals surface area contributed by atoms with E-state index in [9.17, 15) is 10.1 Å². The van der Waals surface area contributed by atoms with Crippen LogP contribution in [0, 0.1) is 10.1 Å². The summed E-state index contributed by atoms with van der Waals surface area (Å²) in [5.74, 6) is 0.665. The van der Waals surface area contributed by atoms with Crippen LogP contribution in [0.4, 0.5) is 11.6 Å². The number of hydrogen-bond donors (Lipinski definition) is 2. The fourth-order valence-corrected chi connectivity index (χ4v) is 2.44. The Kier molecular flexibility index (Phi) is 4.20. The summed E-state index contributed by atoms with van der Waals surface area (Å²) in [6.45, 7) is 0.955. The molecule has 0 bridgehead atoms. The van der Waals surface area contributed by atoms with E-state index in [0.29, 0.717) is 19.0 Å². The second-order valence-electron chi connectivity index (χ2n) is 5.08. The molecule has 0 radical (unpaired) electrons. The van der Waals surface area contributed by atoms with Crippen LogP contribution in [-0.2, 0) is 6.54 Å².